The van der Waals surface area contributed by atoms with E-state index in [-0.39, 0.29) is 5.82 Å². The highest BCUT2D eigenvalue weighted by Crippen LogP contribution is 2.18. The summed E-state index contributed by atoms with van der Waals surface area (Å²) in [6.07, 6.45) is 0.924. The molecule has 0 spiro atoms. The number of rotatable bonds is 4. The predicted octanol–water partition coefficient (Wildman–Crippen LogP) is 2.19. The van der Waals surface area contributed by atoms with E-state index in [9.17, 15) is 4.39 Å². The van der Waals surface area contributed by atoms with Crippen LogP contribution in [0.5, 0.6) is 0 Å². The van der Waals surface area contributed by atoms with Gasteiger partial charge in [-0.1, -0.05) is 0 Å². The number of halogens is 2. The highest BCUT2D eigenvalue weighted by atomic mass is 127. The zero-order valence-electron chi connectivity index (χ0n) is 7.19. The molecule has 0 aliphatic heterocycles. The predicted molar refractivity (Wildman–Crippen MR) is 61.3 cm³/mol. The first kappa shape index (κ1) is 10.7. The van der Waals surface area contributed by atoms with Crippen molar-refractivity contribution in [3.8, 4) is 0 Å². The van der Waals surface area contributed by atoms with E-state index in [0.717, 1.165) is 22.2 Å². The second kappa shape index (κ2) is 5.39. The number of nitrogens with two attached hydrogens (primary N) is 1. The van der Waals surface area contributed by atoms with E-state index in [4.69, 9.17) is 5.73 Å². The van der Waals surface area contributed by atoms with Crippen LogP contribution >= 0.6 is 22.6 Å². The molecule has 1 aromatic carbocycles. The Labute approximate surface area is 90.8 Å². The molecule has 72 valence electrons. The van der Waals surface area contributed by atoms with E-state index in [1.54, 1.807) is 6.07 Å². The van der Waals surface area contributed by atoms with Gasteiger partial charge in [0.15, 0.2) is 0 Å². The van der Waals surface area contributed by atoms with Crippen molar-refractivity contribution in [2.45, 2.75) is 6.42 Å². The lowest BCUT2D eigenvalue weighted by Crippen LogP contribution is -2.09. The fraction of sp³-hybridized carbons (Fsp3) is 0.333. The normalized spacial score (nSPS) is 10.1. The molecule has 0 aliphatic carbocycles. The molecule has 0 saturated carbocycles. The van der Waals surface area contributed by atoms with E-state index < -0.39 is 0 Å². The summed E-state index contributed by atoms with van der Waals surface area (Å²) in [5, 5.41) is 3.19. The second-order valence-electron chi connectivity index (χ2n) is 2.69. The molecule has 0 unspecified atom stereocenters. The quantitative estimate of drug-likeness (QED) is 0.660. The molecule has 0 radical (unpaired) electrons. The molecule has 0 saturated heterocycles. The molecule has 3 N–H and O–H groups in total. The number of nitrogens with one attached hydrogen (secondary N) is 1. The van der Waals surface area contributed by atoms with Gasteiger partial charge in [-0.05, 0) is 53.8 Å². The largest absolute Gasteiger partial charge is 0.384 e. The zero-order valence-corrected chi connectivity index (χ0v) is 9.34. The molecule has 0 bridgehead atoms. The number of benzene rings is 1. The van der Waals surface area contributed by atoms with Gasteiger partial charge in [0.1, 0.15) is 5.82 Å². The summed E-state index contributed by atoms with van der Waals surface area (Å²) in [5.41, 5.74) is 6.32. The lowest BCUT2D eigenvalue weighted by molar-refractivity contribution is 0.627. The minimum atomic E-state index is -0.200. The van der Waals surface area contributed by atoms with E-state index >= 15 is 0 Å². The highest BCUT2D eigenvalue weighted by Gasteiger charge is 1.99. The maximum absolute atomic E-state index is 12.7. The van der Waals surface area contributed by atoms with Crippen molar-refractivity contribution in [3.63, 3.8) is 0 Å². The molecule has 0 aromatic heterocycles. The fourth-order valence-corrected chi connectivity index (χ4v) is 1.63. The lowest BCUT2D eigenvalue weighted by atomic mass is 10.3. The topological polar surface area (TPSA) is 38.0 Å². The Bertz CT molecular complexity index is 278. The van der Waals surface area contributed by atoms with Gasteiger partial charge in [-0.25, -0.2) is 4.39 Å². The third kappa shape index (κ3) is 3.48. The summed E-state index contributed by atoms with van der Waals surface area (Å²) in [7, 11) is 0. The minimum absolute atomic E-state index is 0.200. The third-order valence-corrected chi connectivity index (χ3v) is 2.52. The van der Waals surface area contributed by atoms with Gasteiger partial charge in [0, 0.05) is 15.8 Å². The molecule has 0 heterocycles. The Morgan fingerprint density at radius 2 is 2.23 bits per heavy atom. The van der Waals surface area contributed by atoms with E-state index in [1.807, 2.05) is 0 Å². The van der Waals surface area contributed by atoms with Crippen molar-refractivity contribution >= 4 is 28.3 Å². The van der Waals surface area contributed by atoms with Gasteiger partial charge in [0.2, 0.25) is 0 Å². The molecule has 1 aromatic rings. The van der Waals surface area contributed by atoms with Crippen molar-refractivity contribution in [2.75, 3.05) is 18.4 Å². The smallest absolute Gasteiger partial charge is 0.124 e. The monoisotopic (exact) mass is 294 g/mol. The summed E-state index contributed by atoms with van der Waals surface area (Å²) in [4.78, 5) is 0. The molecule has 0 amide bonds. The summed E-state index contributed by atoms with van der Waals surface area (Å²) in [6.45, 7) is 1.50. The highest BCUT2D eigenvalue weighted by molar-refractivity contribution is 14.1. The summed E-state index contributed by atoms with van der Waals surface area (Å²) in [5.74, 6) is -0.200. The van der Waals surface area contributed by atoms with Gasteiger partial charge in [0.25, 0.3) is 0 Å². The Kier molecular flexibility index (Phi) is 4.44. The van der Waals surface area contributed by atoms with E-state index in [0.29, 0.717) is 6.54 Å². The van der Waals surface area contributed by atoms with Crippen LogP contribution in [0.25, 0.3) is 0 Å². The van der Waals surface area contributed by atoms with E-state index in [2.05, 4.69) is 27.9 Å². The van der Waals surface area contributed by atoms with Crippen LogP contribution in [0.3, 0.4) is 0 Å². The average molecular weight is 294 g/mol. The molecule has 4 heteroatoms. The van der Waals surface area contributed by atoms with Crippen molar-refractivity contribution in [2.24, 2.45) is 5.73 Å². The SMILES string of the molecule is NCCCNc1ccc(F)cc1I. The van der Waals surface area contributed by atoms with Gasteiger partial charge in [-0.3, -0.25) is 0 Å². The van der Waals surface area contributed by atoms with Crippen LogP contribution in [0.1, 0.15) is 6.42 Å². The maximum atomic E-state index is 12.7. The van der Waals surface area contributed by atoms with Crippen molar-refractivity contribution < 1.29 is 4.39 Å². The van der Waals surface area contributed by atoms with Crippen LogP contribution in [-0.4, -0.2) is 13.1 Å². The van der Waals surface area contributed by atoms with Crippen molar-refractivity contribution in [1.29, 1.82) is 0 Å². The van der Waals surface area contributed by atoms with Crippen molar-refractivity contribution in [3.05, 3.63) is 27.6 Å². The molecule has 0 fully saturated rings. The summed E-state index contributed by atoms with van der Waals surface area (Å²) in [6, 6.07) is 4.70. The molecular weight excluding hydrogens is 282 g/mol. The number of hydrogen-bond donors (Lipinski definition) is 2. The minimum Gasteiger partial charge on any atom is -0.384 e. The Balaban J connectivity index is 2.56. The van der Waals surface area contributed by atoms with Crippen LogP contribution in [-0.2, 0) is 0 Å². The molecular formula is C9H12FIN2. The average Bonchev–Trinajstić information content (AvgIpc) is 2.09. The fourth-order valence-electron chi connectivity index (χ4n) is 0.958. The van der Waals surface area contributed by atoms with Crippen LogP contribution in [0.2, 0.25) is 0 Å². The molecule has 2 nitrogen and oxygen atoms in total. The lowest BCUT2D eigenvalue weighted by Gasteiger charge is -2.07. The van der Waals surface area contributed by atoms with Crippen LogP contribution in [0.4, 0.5) is 10.1 Å². The van der Waals surface area contributed by atoms with Gasteiger partial charge >= 0.3 is 0 Å². The Morgan fingerprint density at radius 3 is 2.85 bits per heavy atom. The van der Waals surface area contributed by atoms with Gasteiger partial charge < -0.3 is 11.1 Å². The van der Waals surface area contributed by atoms with Crippen LogP contribution in [0, 0.1) is 9.39 Å². The summed E-state index contributed by atoms with van der Waals surface area (Å²) >= 11 is 2.10. The van der Waals surface area contributed by atoms with Crippen LogP contribution < -0.4 is 11.1 Å². The zero-order chi connectivity index (χ0) is 9.68. The molecule has 0 aliphatic rings. The first-order valence-electron chi connectivity index (χ1n) is 4.13. The van der Waals surface area contributed by atoms with Gasteiger partial charge in [0.05, 0.1) is 0 Å². The number of hydrogen-bond acceptors (Lipinski definition) is 2. The Morgan fingerprint density at radius 1 is 1.46 bits per heavy atom. The summed E-state index contributed by atoms with van der Waals surface area (Å²) < 4.78 is 13.6. The second-order valence-corrected chi connectivity index (χ2v) is 3.86. The third-order valence-electron chi connectivity index (χ3n) is 1.63. The standard InChI is InChI=1S/C9H12FIN2/c10-7-2-3-9(8(11)6-7)13-5-1-4-12/h2-3,6,13H,1,4-5,12H2. The first-order valence-corrected chi connectivity index (χ1v) is 5.21. The van der Waals surface area contributed by atoms with Crippen LogP contribution in [0.15, 0.2) is 18.2 Å². The first-order chi connectivity index (χ1) is 6.24. The van der Waals surface area contributed by atoms with Gasteiger partial charge in [-0.15, -0.1) is 0 Å². The maximum Gasteiger partial charge on any atom is 0.124 e. The Hall–Kier alpha value is -0.360. The number of anilines is 1. The van der Waals surface area contributed by atoms with Crippen molar-refractivity contribution in [1.82, 2.24) is 0 Å². The molecule has 1 rings (SSSR count). The molecule has 13 heavy (non-hydrogen) atoms. The molecule has 0 atom stereocenters. The van der Waals surface area contributed by atoms with Gasteiger partial charge in [-0.2, -0.15) is 0 Å². The van der Waals surface area contributed by atoms with E-state index in [1.165, 1.54) is 12.1 Å².